The summed E-state index contributed by atoms with van der Waals surface area (Å²) < 4.78 is 13.8. The van der Waals surface area contributed by atoms with E-state index in [4.69, 9.17) is 10.2 Å². The van der Waals surface area contributed by atoms with Crippen molar-refractivity contribution in [2.75, 3.05) is 0 Å². The summed E-state index contributed by atoms with van der Waals surface area (Å²) >= 11 is 0. The van der Waals surface area contributed by atoms with Gasteiger partial charge >= 0.3 is 11.9 Å². The van der Waals surface area contributed by atoms with E-state index < -0.39 is 17.8 Å². The highest BCUT2D eigenvalue weighted by atomic mass is 19.1. The summed E-state index contributed by atoms with van der Waals surface area (Å²) in [6.45, 7) is 1.52. The van der Waals surface area contributed by atoms with Crippen molar-refractivity contribution in [2.24, 2.45) is 0 Å². The van der Waals surface area contributed by atoms with Gasteiger partial charge in [0.2, 0.25) is 0 Å². The fourth-order valence-corrected chi connectivity index (χ4v) is 2.02. The van der Waals surface area contributed by atoms with Gasteiger partial charge in [0, 0.05) is 5.56 Å². The van der Waals surface area contributed by atoms with E-state index in [2.05, 4.69) is 0 Å². The van der Waals surface area contributed by atoms with Crippen molar-refractivity contribution in [3.05, 3.63) is 58.9 Å². The van der Waals surface area contributed by atoms with Gasteiger partial charge in [-0.15, -0.1) is 0 Å². The summed E-state index contributed by atoms with van der Waals surface area (Å²) in [5.74, 6) is -3.04. The third kappa shape index (κ3) is 2.38. The Morgan fingerprint density at radius 2 is 1.65 bits per heavy atom. The highest BCUT2D eigenvalue weighted by molar-refractivity contribution is 5.98. The molecule has 4 nitrogen and oxygen atoms in total. The number of rotatable bonds is 3. The van der Waals surface area contributed by atoms with Gasteiger partial charge in [0.15, 0.2) is 0 Å². The van der Waals surface area contributed by atoms with Gasteiger partial charge in [0.05, 0.1) is 11.1 Å². The summed E-state index contributed by atoms with van der Waals surface area (Å²) in [7, 11) is 0. The number of carbonyl (C=O) groups is 2. The number of hydrogen-bond acceptors (Lipinski definition) is 2. The van der Waals surface area contributed by atoms with Crippen molar-refractivity contribution < 1.29 is 24.2 Å². The lowest BCUT2D eigenvalue weighted by Crippen LogP contribution is -2.06. The molecule has 20 heavy (non-hydrogen) atoms. The Hall–Kier alpha value is -2.69. The summed E-state index contributed by atoms with van der Waals surface area (Å²) in [6, 6.07) is 8.18. The SMILES string of the molecule is Cc1c(C(=O)O)cc(C(=O)O)cc1-c1ccccc1F. The maximum absolute atomic E-state index is 13.8. The Morgan fingerprint density at radius 1 is 1.00 bits per heavy atom. The number of carboxylic acid groups (broad SMARTS) is 2. The zero-order valence-corrected chi connectivity index (χ0v) is 10.6. The summed E-state index contributed by atoms with van der Waals surface area (Å²) in [6.07, 6.45) is 0. The second-order valence-corrected chi connectivity index (χ2v) is 4.29. The number of benzene rings is 2. The first-order chi connectivity index (χ1) is 9.41. The van der Waals surface area contributed by atoms with Crippen molar-refractivity contribution in [2.45, 2.75) is 6.92 Å². The number of halogens is 1. The predicted molar refractivity (Wildman–Crippen MR) is 70.5 cm³/mol. The van der Waals surface area contributed by atoms with Crippen LogP contribution >= 0.6 is 0 Å². The van der Waals surface area contributed by atoms with E-state index >= 15 is 0 Å². The Morgan fingerprint density at radius 3 is 2.20 bits per heavy atom. The largest absolute Gasteiger partial charge is 0.478 e. The number of carboxylic acids is 2. The molecule has 0 amide bonds. The molecular weight excluding hydrogens is 263 g/mol. The molecule has 0 radical (unpaired) electrons. The smallest absolute Gasteiger partial charge is 0.335 e. The highest BCUT2D eigenvalue weighted by Gasteiger charge is 2.18. The van der Waals surface area contributed by atoms with Crippen LogP contribution in [-0.2, 0) is 0 Å². The van der Waals surface area contributed by atoms with Crippen LogP contribution in [0.5, 0.6) is 0 Å². The Balaban J connectivity index is 2.79. The lowest BCUT2D eigenvalue weighted by Gasteiger charge is -2.11. The molecule has 0 bridgehead atoms. The van der Waals surface area contributed by atoms with Gasteiger partial charge < -0.3 is 10.2 Å². The second kappa shape index (κ2) is 5.13. The first-order valence-electron chi connectivity index (χ1n) is 5.78. The Kier molecular flexibility index (Phi) is 3.52. The summed E-state index contributed by atoms with van der Waals surface area (Å²) in [5.41, 5.74) is 0.429. The van der Waals surface area contributed by atoms with Gasteiger partial charge in [0.1, 0.15) is 5.82 Å². The molecule has 0 spiro atoms. The fourth-order valence-electron chi connectivity index (χ4n) is 2.02. The lowest BCUT2D eigenvalue weighted by atomic mass is 9.93. The lowest BCUT2D eigenvalue weighted by molar-refractivity contribution is 0.0695. The van der Waals surface area contributed by atoms with Crippen molar-refractivity contribution in [1.29, 1.82) is 0 Å². The minimum absolute atomic E-state index is 0.150. The van der Waals surface area contributed by atoms with E-state index in [1.54, 1.807) is 6.07 Å². The third-order valence-electron chi connectivity index (χ3n) is 3.05. The number of aromatic carboxylic acids is 2. The molecule has 0 unspecified atom stereocenters. The van der Waals surface area contributed by atoms with Crippen LogP contribution in [0.1, 0.15) is 26.3 Å². The minimum Gasteiger partial charge on any atom is -0.478 e. The average molecular weight is 274 g/mol. The van der Waals surface area contributed by atoms with Crippen LogP contribution in [0.2, 0.25) is 0 Å². The van der Waals surface area contributed by atoms with Crippen molar-refractivity contribution >= 4 is 11.9 Å². The topological polar surface area (TPSA) is 74.6 Å². The van der Waals surface area contributed by atoms with E-state index in [1.165, 1.54) is 31.2 Å². The predicted octanol–water partition coefficient (Wildman–Crippen LogP) is 3.20. The average Bonchev–Trinajstić information content (AvgIpc) is 2.39. The van der Waals surface area contributed by atoms with Crippen LogP contribution in [0.3, 0.4) is 0 Å². The normalized spacial score (nSPS) is 10.3. The quantitative estimate of drug-likeness (QED) is 0.901. The molecule has 5 heteroatoms. The van der Waals surface area contributed by atoms with Crippen LogP contribution in [0.4, 0.5) is 4.39 Å². The molecular formula is C15H11FO4. The van der Waals surface area contributed by atoms with Crippen molar-refractivity contribution in [1.82, 2.24) is 0 Å². The monoisotopic (exact) mass is 274 g/mol. The van der Waals surface area contributed by atoms with Gasteiger partial charge in [0.25, 0.3) is 0 Å². The molecule has 2 N–H and O–H groups in total. The second-order valence-electron chi connectivity index (χ2n) is 4.29. The van der Waals surface area contributed by atoms with Crippen LogP contribution in [0.15, 0.2) is 36.4 Å². The number of hydrogen-bond donors (Lipinski definition) is 2. The van der Waals surface area contributed by atoms with E-state index in [-0.39, 0.29) is 22.3 Å². The van der Waals surface area contributed by atoms with Gasteiger partial charge in [-0.25, -0.2) is 14.0 Å². The van der Waals surface area contributed by atoms with Crippen molar-refractivity contribution in [3.8, 4) is 11.1 Å². The van der Waals surface area contributed by atoms with Crippen LogP contribution in [0.25, 0.3) is 11.1 Å². The Labute approximate surface area is 114 Å². The Bertz CT molecular complexity index is 707. The molecule has 0 aliphatic carbocycles. The van der Waals surface area contributed by atoms with E-state index in [1.807, 2.05) is 0 Å². The van der Waals surface area contributed by atoms with Crippen LogP contribution in [-0.4, -0.2) is 22.2 Å². The molecule has 0 fully saturated rings. The molecule has 2 rings (SSSR count). The molecule has 0 saturated heterocycles. The van der Waals surface area contributed by atoms with Crippen LogP contribution < -0.4 is 0 Å². The molecule has 0 saturated carbocycles. The highest BCUT2D eigenvalue weighted by Crippen LogP contribution is 2.29. The zero-order valence-electron chi connectivity index (χ0n) is 10.6. The summed E-state index contributed by atoms with van der Waals surface area (Å²) in [5, 5.41) is 18.2. The molecule has 0 aliphatic heterocycles. The molecule has 0 aromatic heterocycles. The van der Waals surface area contributed by atoms with E-state index in [0.717, 1.165) is 6.07 Å². The minimum atomic E-state index is -1.26. The molecule has 0 atom stereocenters. The van der Waals surface area contributed by atoms with Gasteiger partial charge in [-0.2, -0.15) is 0 Å². The van der Waals surface area contributed by atoms with E-state index in [9.17, 15) is 14.0 Å². The van der Waals surface area contributed by atoms with Gasteiger partial charge in [-0.1, -0.05) is 18.2 Å². The van der Waals surface area contributed by atoms with Crippen molar-refractivity contribution in [3.63, 3.8) is 0 Å². The van der Waals surface area contributed by atoms with Gasteiger partial charge in [-0.05, 0) is 36.2 Å². The first kappa shape index (κ1) is 13.7. The standard InChI is InChI=1S/C15H11FO4/c1-8-11(10-4-2-3-5-13(10)16)6-9(14(17)18)7-12(8)15(19)20/h2-7H,1H3,(H,17,18)(H,19,20). The van der Waals surface area contributed by atoms with Crippen LogP contribution in [0, 0.1) is 12.7 Å². The molecule has 2 aromatic rings. The third-order valence-corrected chi connectivity index (χ3v) is 3.05. The first-order valence-corrected chi connectivity index (χ1v) is 5.78. The molecule has 0 aliphatic rings. The molecule has 0 heterocycles. The zero-order chi connectivity index (χ0) is 14.9. The molecule has 2 aromatic carbocycles. The molecule has 102 valence electrons. The van der Waals surface area contributed by atoms with Gasteiger partial charge in [-0.3, -0.25) is 0 Å². The maximum atomic E-state index is 13.8. The van der Waals surface area contributed by atoms with E-state index in [0.29, 0.717) is 5.56 Å². The summed E-state index contributed by atoms with van der Waals surface area (Å²) in [4.78, 5) is 22.2. The fraction of sp³-hybridized carbons (Fsp3) is 0.0667. The maximum Gasteiger partial charge on any atom is 0.335 e.